The molecule has 0 amide bonds. The van der Waals surface area contributed by atoms with E-state index in [0.29, 0.717) is 33.2 Å². The van der Waals surface area contributed by atoms with Gasteiger partial charge in [0.15, 0.2) is 5.82 Å². The standard InChI is InChI=1S/C18H18Cl2N8S/c1-10-6-11(2)28(25-10)12(3)17-23-24-18(29-17)22-16-4-5-27(26-16)9-15-14(20)7-13(19)8-21-15/h4-8,12H,9H2,1-3H3,(H,22,24,26). The van der Waals surface area contributed by atoms with Gasteiger partial charge in [0.1, 0.15) is 11.0 Å². The third kappa shape index (κ3) is 4.42. The molecule has 4 heterocycles. The van der Waals surface area contributed by atoms with Crippen molar-refractivity contribution in [3.63, 3.8) is 0 Å². The van der Waals surface area contributed by atoms with Gasteiger partial charge in [-0.25, -0.2) is 0 Å². The molecule has 0 saturated heterocycles. The van der Waals surface area contributed by atoms with Crippen LogP contribution in [0.3, 0.4) is 0 Å². The van der Waals surface area contributed by atoms with Gasteiger partial charge in [0, 0.05) is 24.2 Å². The molecule has 0 aromatic carbocycles. The minimum Gasteiger partial charge on any atom is -0.313 e. The lowest BCUT2D eigenvalue weighted by Crippen LogP contribution is -2.10. The van der Waals surface area contributed by atoms with E-state index in [1.165, 1.54) is 11.3 Å². The number of aryl methyl sites for hydroxylation is 2. The Morgan fingerprint density at radius 3 is 2.72 bits per heavy atom. The van der Waals surface area contributed by atoms with E-state index in [2.05, 4.69) is 37.6 Å². The zero-order valence-electron chi connectivity index (χ0n) is 16.0. The minimum absolute atomic E-state index is 0.00688. The monoisotopic (exact) mass is 448 g/mol. The largest absolute Gasteiger partial charge is 0.313 e. The van der Waals surface area contributed by atoms with Gasteiger partial charge in [0.05, 0.1) is 28.0 Å². The molecule has 0 spiro atoms. The average Bonchev–Trinajstić information content (AvgIpc) is 3.38. The predicted molar refractivity (Wildman–Crippen MR) is 114 cm³/mol. The first-order chi connectivity index (χ1) is 13.9. The van der Waals surface area contributed by atoms with E-state index in [1.54, 1.807) is 16.9 Å². The number of pyridine rings is 1. The smallest absolute Gasteiger partial charge is 0.211 e. The highest BCUT2D eigenvalue weighted by atomic mass is 35.5. The third-order valence-corrected chi connectivity index (χ3v) is 5.82. The summed E-state index contributed by atoms with van der Waals surface area (Å²) in [5.41, 5.74) is 2.77. The summed E-state index contributed by atoms with van der Waals surface area (Å²) in [5, 5.41) is 23.3. The first kappa shape index (κ1) is 19.8. The number of nitrogens with one attached hydrogen (secondary N) is 1. The van der Waals surface area contributed by atoms with Crippen LogP contribution in [0.5, 0.6) is 0 Å². The SMILES string of the molecule is Cc1cc(C)n(C(C)c2nnc(Nc3ccn(Cc4ncc(Cl)cc4Cl)n3)s2)n1. The van der Waals surface area contributed by atoms with Crippen molar-refractivity contribution >= 4 is 45.5 Å². The highest BCUT2D eigenvalue weighted by molar-refractivity contribution is 7.15. The maximum Gasteiger partial charge on any atom is 0.211 e. The normalized spacial score (nSPS) is 12.3. The Labute approximate surface area is 181 Å². The van der Waals surface area contributed by atoms with Gasteiger partial charge in [0.25, 0.3) is 0 Å². The lowest BCUT2D eigenvalue weighted by Gasteiger charge is -2.10. The topological polar surface area (TPSA) is 86.3 Å². The van der Waals surface area contributed by atoms with Gasteiger partial charge in [-0.15, -0.1) is 10.2 Å². The van der Waals surface area contributed by atoms with Crippen molar-refractivity contribution in [1.82, 2.24) is 34.7 Å². The van der Waals surface area contributed by atoms with Crippen LogP contribution in [0, 0.1) is 13.8 Å². The van der Waals surface area contributed by atoms with Crippen LogP contribution in [0.4, 0.5) is 10.9 Å². The van der Waals surface area contributed by atoms with E-state index >= 15 is 0 Å². The molecule has 1 N–H and O–H groups in total. The number of anilines is 2. The van der Waals surface area contributed by atoms with Gasteiger partial charge in [-0.3, -0.25) is 14.3 Å². The van der Waals surface area contributed by atoms with E-state index in [0.717, 1.165) is 16.4 Å². The van der Waals surface area contributed by atoms with Crippen molar-refractivity contribution in [3.8, 4) is 0 Å². The first-order valence-corrected chi connectivity index (χ1v) is 10.4. The second-order valence-corrected chi connectivity index (χ2v) is 8.45. The van der Waals surface area contributed by atoms with E-state index in [1.807, 2.05) is 36.9 Å². The van der Waals surface area contributed by atoms with Gasteiger partial charge < -0.3 is 5.32 Å². The highest BCUT2D eigenvalue weighted by Crippen LogP contribution is 2.27. The zero-order chi connectivity index (χ0) is 20.5. The summed E-state index contributed by atoms with van der Waals surface area (Å²) < 4.78 is 3.70. The fourth-order valence-corrected chi connectivity index (χ4v) is 4.16. The third-order valence-electron chi connectivity index (χ3n) is 4.28. The molecular weight excluding hydrogens is 431 g/mol. The molecule has 0 aliphatic rings. The first-order valence-electron chi connectivity index (χ1n) is 8.85. The Kier molecular flexibility index (Phi) is 5.53. The summed E-state index contributed by atoms with van der Waals surface area (Å²) in [6.45, 7) is 6.51. The Balaban J connectivity index is 1.45. The molecule has 4 rings (SSSR count). The Morgan fingerprint density at radius 1 is 1.17 bits per heavy atom. The fraction of sp³-hybridized carbons (Fsp3) is 0.278. The predicted octanol–water partition coefficient (Wildman–Crippen LogP) is 4.65. The van der Waals surface area contributed by atoms with Crippen LogP contribution in [0.1, 0.15) is 35.1 Å². The van der Waals surface area contributed by atoms with Crippen LogP contribution in [0.2, 0.25) is 10.0 Å². The zero-order valence-corrected chi connectivity index (χ0v) is 18.3. The molecule has 4 aromatic heterocycles. The van der Waals surface area contributed by atoms with E-state index in [-0.39, 0.29) is 6.04 Å². The molecule has 0 fully saturated rings. The molecule has 1 atom stereocenters. The van der Waals surface area contributed by atoms with Gasteiger partial charge in [-0.05, 0) is 32.9 Å². The van der Waals surface area contributed by atoms with Crippen molar-refractivity contribution in [2.24, 2.45) is 0 Å². The highest BCUT2D eigenvalue weighted by Gasteiger charge is 2.17. The van der Waals surface area contributed by atoms with Crippen LogP contribution >= 0.6 is 34.5 Å². The van der Waals surface area contributed by atoms with Crippen molar-refractivity contribution in [2.75, 3.05) is 5.32 Å². The van der Waals surface area contributed by atoms with Crippen LogP contribution in [0.15, 0.2) is 30.6 Å². The van der Waals surface area contributed by atoms with E-state index < -0.39 is 0 Å². The van der Waals surface area contributed by atoms with Gasteiger partial charge in [0.2, 0.25) is 5.13 Å². The molecule has 8 nitrogen and oxygen atoms in total. The van der Waals surface area contributed by atoms with Crippen molar-refractivity contribution in [1.29, 1.82) is 0 Å². The molecule has 0 saturated carbocycles. The van der Waals surface area contributed by atoms with Crippen LogP contribution < -0.4 is 5.32 Å². The summed E-state index contributed by atoms with van der Waals surface area (Å²) >= 11 is 13.5. The van der Waals surface area contributed by atoms with Gasteiger partial charge in [-0.2, -0.15) is 10.2 Å². The molecule has 0 bridgehead atoms. The van der Waals surface area contributed by atoms with Crippen molar-refractivity contribution in [2.45, 2.75) is 33.4 Å². The fourth-order valence-electron chi connectivity index (χ4n) is 2.94. The van der Waals surface area contributed by atoms with E-state index in [4.69, 9.17) is 23.2 Å². The molecule has 0 aliphatic heterocycles. The summed E-state index contributed by atoms with van der Waals surface area (Å²) in [6.07, 6.45) is 3.41. The van der Waals surface area contributed by atoms with Crippen LogP contribution in [0.25, 0.3) is 0 Å². The second-order valence-electron chi connectivity index (χ2n) is 6.60. The van der Waals surface area contributed by atoms with Gasteiger partial charge in [-0.1, -0.05) is 34.5 Å². The average molecular weight is 449 g/mol. The summed E-state index contributed by atoms with van der Waals surface area (Å²) in [7, 11) is 0. The maximum atomic E-state index is 6.18. The quantitative estimate of drug-likeness (QED) is 0.461. The molecule has 0 aliphatic carbocycles. The summed E-state index contributed by atoms with van der Waals surface area (Å²) in [6, 6.07) is 5.58. The Bertz CT molecular complexity index is 1150. The number of halogens is 2. The molecule has 29 heavy (non-hydrogen) atoms. The lowest BCUT2D eigenvalue weighted by molar-refractivity contribution is 0.540. The Morgan fingerprint density at radius 2 is 2.00 bits per heavy atom. The number of aromatic nitrogens is 7. The Hall–Kier alpha value is -2.49. The number of rotatable bonds is 6. The maximum absolute atomic E-state index is 6.18. The molecule has 1 unspecified atom stereocenters. The number of hydrogen-bond donors (Lipinski definition) is 1. The lowest BCUT2D eigenvalue weighted by atomic mass is 10.3. The number of nitrogens with zero attached hydrogens (tertiary/aromatic N) is 7. The minimum atomic E-state index is 0.00688. The van der Waals surface area contributed by atoms with E-state index in [9.17, 15) is 0 Å². The molecule has 11 heteroatoms. The summed E-state index contributed by atoms with van der Waals surface area (Å²) in [5.74, 6) is 0.663. The van der Waals surface area contributed by atoms with Gasteiger partial charge >= 0.3 is 0 Å². The molecule has 4 aromatic rings. The molecule has 150 valence electrons. The van der Waals surface area contributed by atoms with Crippen LogP contribution in [-0.4, -0.2) is 34.7 Å². The second kappa shape index (κ2) is 8.10. The number of hydrogen-bond acceptors (Lipinski definition) is 7. The molecular formula is C18H18Cl2N8S. The van der Waals surface area contributed by atoms with Crippen molar-refractivity contribution < 1.29 is 0 Å². The summed E-state index contributed by atoms with van der Waals surface area (Å²) in [4.78, 5) is 4.25. The molecule has 0 radical (unpaired) electrons. The van der Waals surface area contributed by atoms with Crippen molar-refractivity contribution in [3.05, 3.63) is 62.7 Å². The van der Waals surface area contributed by atoms with Crippen LogP contribution in [-0.2, 0) is 6.54 Å².